The summed E-state index contributed by atoms with van der Waals surface area (Å²) in [5.74, 6) is 2.86. The molecule has 6 nitrogen and oxygen atoms in total. The van der Waals surface area contributed by atoms with Crippen molar-refractivity contribution >= 4 is 5.95 Å². The van der Waals surface area contributed by atoms with Gasteiger partial charge in [-0.15, -0.1) is 11.4 Å². The maximum atomic E-state index is 5.36. The van der Waals surface area contributed by atoms with Crippen LogP contribution in [0.25, 0.3) is 0 Å². The van der Waals surface area contributed by atoms with E-state index in [0.717, 1.165) is 6.42 Å². The molecular weight excluding hydrogens is 232 g/mol. The summed E-state index contributed by atoms with van der Waals surface area (Å²) in [4.78, 5) is 12.2. The van der Waals surface area contributed by atoms with E-state index in [1.165, 1.54) is 0 Å². The molecule has 0 aliphatic rings. The number of nitrogens with zero attached hydrogens (tertiary/aromatic N) is 3. The summed E-state index contributed by atoms with van der Waals surface area (Å²) in [6.45, 7) is 6.93. The van der Waals surface area contributed by atoms with Crippen molar-refractivity contribution in [2.75, 3.05) is 18.5 Å². The molecule has 0 fully saturated rings. The van der Waals surface area contributed by atoms with Gasteiger partial charge in [0.2, 0.25) is 5.95 Å². The fourth-order valence-electron chi connectivity index (χ4n) is 1.08. The Morgan fingerprint density at radius 3 is 2.61 bits per heavy atom. The second-order valence-corrected chi connectivity index (χ2v) is 3.53. The first-order valence-electron chi connectivity index (χ1n) is 5.95. The highest BCUT2D eigenvalue weighted by Gasteiger charge is 2.10. The van der Waals surface area contributed by atoms with Crippen LogP contribution >= 0.6 is 0 Å². The SMILES string of the molecule is C#CC(C)Oc1nc(NCC)nc(OCCC)n1. The molecule has 0 aliphatic carbocycles. The molecule has 6 heteroatoms. The molecule has 0 bridgehead atoms. The van der Waals surface area contributed by atoms with Gasteiger partial charge < -0.3 is 14.8 Å². The standard InChI is InChI=1S/C12H18N4O2/c1-5-8-17-11-14-10(13-7-3)15-12(16-11)18-9(4)6-2/h2,9H,5,7-8H2,1,3-4H3,(H,13,14,15,16). The number of terminal acetylenes is 1. The smallest absolute Gasteiger partial charge is 0.325 e. The van der Waals surface area contributed by atoms with Crippen molar-refractivity contribution in [3.63, 3.8) is 0 Å². The van der Waals surface area contributed by atoms with Crippen LogP contribution in [0.1, 0.15) is 27.2 Å². The van der Waals surface area contributed by atoms with Crippen molar-refractivity contribution in [1.29, 1.82) is 0 Å². The topological polar surface area (TPSA) is 69.2 Å². The maximum absolute atomic E-state index is 5.36. The van der Waals surface area contributed by atoms with Crippen LogP contribution in [0.5, 0.6) is 12.0 Å². The average molecular weight is 250 g/mol. The van der Waals surface area contributed by atoms with E-state index in [1.54, 1.807) is 6.92 Å². The molecule has 98 valence electrons. The van der Waals surface area contributed by atoms with E-state index in [4.69, 9.17) is 15.9 Å². The second-order valence-electron chi connectivity index (χ2n) is 3.53. The Hall–Kier alpha value is -2.03. The molecule has 0 saturated heterocycles. The predicted molar refractivity (Wildman–Crippen MR) is 68.7 cm³/mol. The van der Waals surface area contributed by atoms with Crippen molar-refractivity contribution in [3.05, 3.63) is 0 Å². The fraction of sp³-hybridized carbons (Fsp3) is 0.583. The Bertz CT molecular complexity index is 417. The minimum absolute atomic E-state index is 0.164. The van der Waals surface area contributed by atoms with Gasteiger partial charge in [-0.2, -0.15) is 9.97 Å². The largest absolute Gasteiger partial charge is 0.463 e. The molecule has 1 heterocycles. The highest BCUT2D eigenvalue weighted by atomic mass is 16.5. The molecule has 1 rings (SSSR count). The van der Waals surface area contributed by atoms with E-state index in [1.807, 2.05) is 13.8 Å². The molecule has 1 aromatic rings. The number of ether oxygens (including phenoxy) is 2. The van der Waals surface area contributed by atoms with Gasteiger partial charge in [-0.1, -0.05) is 12.8 Å². The van der Waals surface area contributed by atoms with E-state index in [2.05, 4.69) is 26.2 Å². The molecule has 0 amide bonds. The van der Waals surface area contributed by atoms with Crippen LogP contribution in [0.2, 0.25) is 0 Å². The van der Waals surface area contributed by atoms with Gasteiger partial charge in [0.25, 0.3) is 0 Å². The fourth-order valence-corrected chi connectivity index (χ4v) is 1.08. The Morgan fingerprint density at radius 1 is 1.28 bits per heavy atom. The van der Waals surface area contributed by atoms with E-state index in [9.17, 15) is 0 Å². The second kappa shape index (κ2) is 7.33. The minimum Gasteiger partial charge on any atom is -0.463 e. The van der Waals surface area contributed by atoms with E-state index in [-0.39, 0.29) is 12.0 Å². The normalized spacial score (nSPS) is 11.4. The van der Waals surface area contributed by atoms with Crippen LogP contribution in [-0.4, -0.2) is 34.2 Å². The summed E-state index contributed by atoms with van der Waals surface area (Å²) in [5, 5.41) is 2.98. The van der Waals surface area contributed by atoms with Gasteiger partial charge in [-0.05, 0) is 20.3 Å². The van der Waals surface area contributed by atoms with Crippen molar-refractivity contribution in [2.24, 2.45) is 0 Å². The summed E-state index contributed by atoms with van der Waals surface area (Å²) in [7, 11) is 0. The Kier molecular flexibility index (Phi) is 5.71. The van der Waals surface area contributed by atoms with E-state index >= 15 is 0 Å². The number of nitrogens with one attached hydrogen (secondary N) is 1. The number of aromatic nitrogens is 3. The van der Waals surface area contributed by atoms with Gasteiger partial charge in [-0.3, -0.25) is 0 Å². The van der Waals surface area contributed by atoms with Crippen LogP contribution in [0.15, 0.2) is 0 Å². The molecule has 0 saturated carbocycles. The lowest BCUT2D eigenvalue weighted by Gasteiger charge is -2.10. The zero-order valence-electron chi connectivity index (χ0n) is 10.9. The van der Waals surface area contributed by atoms with Gasteiger partial charge >= 0.3 is 12.0 Å². The number of anilines is 1. The Morgan fingerprint density at radius 2 is 2.00 bits per heavy atom. The van der Waals surface area contributed by atoms with Crippen LogP contribution in [0.4, 0.5) is 5.95 Å². The molecule has 0 aromatic carbocycles. The Labute approximate surface area is 107 Å². The summed E-state index contributed by atoms with van der Waals surface area (Å²) in [6, 6.07) is 0.402. The first-order valence-corrected chi connectivity index (χ1v) is 5.95. The molecule has 1 atom stereocenters. The summed E-state index contributed by atoms with van der Waals surface area (Å²) in [5.41, 5.74) is 0. The van der Waals surface area contributed by atoms with Crippen LogP contribution in [0.3, 0.4) is 0 Å². The van der Waals surface area contributed by atoms with Gasteiger partial charge in [0.15, 0.2) is 6.10 Å². The molecule has 0 spiro atoms. The van der Waals surface area contributed by atoms with Crippen LogP contribution < -0.4 is 14.8 Å². The summed E-state index contributed by atoms with van der Waals surface area (Å²) >= 11 is 0. The maximum Gasteiger partial charge on any atom is 0.325 e. The van der Waals surface area contributed by atoms with Gasteiger partial charge in [-0.25, -0.2) is 0 Å². The van der Waals surface area contributed by atoms with Crippen molar-refractivity contribution < 1.29 is 9.47 Å². The summed E-state index contributed by atoms with van der Waals surface area (Å²) < 4.78 is 10.7. The number of hydrogen-bond donors (Lipinski definition) is 1. The van der Waals surface area contributed by atoms with Crippen molar-refractivity contribution in [1.82, 2.24) is 15.0 Å². The van der Waals surface area contributed by atoms with Gasteiger partial charge in [0, 0.05) is 6.54 Å². The molecule has 18 heavy (non-hydrogen) atoms. The quantitative estimate of drug-likeness (QED) is 0.739. The van der Waals surface area contributed by atoms with Crippen molar-refractivity contribution in [3.8, 4) is 24.4 Å². The number of hydrogen-bond acceptors (Lipinski definition) is 6. The third-order valence-corrected chi connectivity index (χ3v) is 1.88. The van der Waals surface area contributed by atoms with Crippen LogP contribution in [-0.2, 0) is 0 Å². The first kappa shape index (κ1) is 14.0. The highest BCUT2D eigenvalue weighted by molar-refractivity contribution is 5.27. The molecule has 0 aliphatic heterocycles. The van der Waals surface area contributed by atoms with Gasteiger partial charge in [0.05, 0.1) is 6.61 Å². The lowest BCUT2D eigenvalue weighted by atomic mass is 10.4. The van der Waals surface area contributed by atoms with Crippen molar-refractivity contribution in [2.45, 2.75) is 33.3 Å². The monoisotopic (exact) mass is 250 g/mol. The highest BCUT2D eigenvalue weighted by Crippen LogP contribution is 2.14. The van der Waals surface area contributed by atoms with Crippen LogP contribution in [0, 0.1) is 12.3 Å². The molecule has 1 aromatic heterocycles. The third kappa shape index (κ3) is 4.45. The first-order chi connectivity index (χ1) is 8.69. The third-order valence-electron chi connectivity index (χ3n) is 1.88. The average Bonchev–Trinajstić information content (AvgIpc) is 2.36. The lowest BCUT2D eigenvalue weighted by molar-refractivity contribution is 0.240. The molecular formula is C12H18N4O2. The van der Waals surface area contributed by atoms with E-state index < -0.39 is 6.10 Å². The minimum atomic E-state index is -0.402. The zero-order valence-corrected chi connectivity index (χ0v) is 10.9. The number of rotatable bonds is 7. The summed E-state index contributed by atoms with van der Waals surface area (Å²) in [6.07, 6.45) is 5.71. The molecule has 0 radical (unpaired) electrons. The Balaban J connectivity index is 2.87. The zero-order chi connectivity index (χ0) is 13.4. The predicted octanol–water partition coefficient (Wildman–Crippen LogP) is 1.49. The molecule has 1 N–H and O–H groups in total. The van der Waals surface area contributed by atoms with Gasteiger partial charge in [0.1, 0.15) is 0 Å². The van der Waals surface area contributed by atoms with E-state index in [0.29, 0.717) is 19.1 Å². The molecule has 1 unspecified atom stereocenters. The lowest BCUT2D eigenvalue weighted by Crippen LogP contribution is -2.14.